The third-order valence-corrected chi connectivity index (χ3v) is 6.57. The summed E-state index contributed by atoms with van der Waals surface area (Å²) in [5.41, 5.74) is 4.65. The van der Waals surface area contributed by atoms with Crippen molar-refractivity contribution < 1.29 is 14.0 Å². The number of nitrogens with one attached hydrogen (secondary N) is 1. The topological polar surface area (TPSA) is 62.6 Å². The molecule has 1 aliphatic heterocycles. The summed E-state index contributed by atoms with van der Waals surface area (Å²) in [5.74, 6) is 1.17. The van der Waals surface area contributed by atoms with Gasteiger partial charge in [0.2, 0.25) is 5.91 Å². The maximum atomic E-state index is 12.8. The van der Waals surface area contributed by atoms with Gasteiger partial charge in [-0.2, -0.15) is 0 Å². The third kappa shape index (κ3) is 4.14. The van der Waals surface area contributed by atoms with Gasteiger partial charge < -0.3 is 14.6 Å². The van der Waals surface area contributed by atoms with Crippen LogP contribution in [0.15, 0.2) is 65.3 Å². The molecule has 2 amide bonds. The van der Waals surface area contributed by atoms with Crippen LogP contribution >= 0.6 is 11.8 Å². The van der Waals surface area contributed by atoms with Crippen LogP contribution in [0, 0.1) is 6.92 Å². The Labute approximate surface area is 180 Å². The Morgan fingerprint density at radius 1 is 1.17 bits per heavy atom. The van der Waals surface area contributed by atoms with Gasteiger partial charge in [0.05, 0.1) is 18.6 Å². The maximum absolute atomic E-state index is 12.8. The average Bonchev–Trinajstić information content (AvgIpc) is 3.40. The predicted octanol–water partition coefficient (Wildman–Crippen LogP) is 5.18. The summed E-state index contributed by atoms with van der Waals surface area (Å²) in [7, 11) is 0. The summed E-state index contributed by atoms with van der Waals surface area (Å²) in [5, 5.41) is 2.98. The van der Waals surface area contributed by atoms with Gasteiger partial charge in [-0.15, -0.1) is 11.8 Å². The highest BCUT2D eigenvalue weighted by Crippen LogP contribution is 2.39. The van der Waals surface area contributed by atoms with E-state index in [2.05, 4.69) is 12.2 Å². The molecular weight excluding hydrogens is 396 g/mol. The van der Waals surface area contributed by atoms with Crippen LogP contribution in [0.4, 0.5) is 5.69 Å². The number of thioether (sulfide) groups is 1. The number of furan rings is 1. The lowest BCUT2D eigenvalue weighted by molar-refractivity contribution is -0.128. The lowest BCUT2D eigenvalue weighted by Gasteiger charge is -2.23. The van der Waals surface area contributed by atoms with Gasteiger partial charge in [0, 0.05) is 11.3 Å². The molecule has 0 radical (unpaired) electrons. The van der Waals surface area contributed by atoms with Gasteiger partial charge in [0.25, 0.3) is 5.91 Å². The Hall–Kier alpha value is -2.99. The summed E-state index contributed by atoms with van der Waals surface area (Å²) >= 11 is 1.59. The fourth-order valence-corrected chi connectivity index (χ4v) is 4.85. The Morgan fingerprint density at radius 2 is 1.97 bits per heavy atom. The monoisotopic (exact) mass is 420 g/mol. The molecule has 1 unspecified atom stereocenters. The molecule has 1 N–H and O–H groups in total. The molecule has 0 spiro atoms. The molecule has 0 saturated carbocycles. The lowest BCUT2D eigenvalue weighted by atomic mass is 10.0. The van der Waals surface area contributed by atoms with E-state index in [1.807, 2.05) is 66.4 Å². The van der Waals surface area contributed by atoms with Gasteiger partial charge in [-0.1, -0.05) is 37.3 Å². The number of para-hydroxylation sites is 1. The van der Waals surface area contributed by atoms with E-state index in [-0.39, 0.29) is 17.2 Å². The van der Waals surface area contributed by atoms with Gasteiger partial charge in [0.15, 0.2) is 0 Å². The summed E-state index contributed by atoms with van der Waals surface area (Å²) in [4.78, 5) is 27.0. The molecule has 1 atom stereocenters. The molecule has 0 bridgehead atoms. The first-order chi connectivity index (χ1) is 14.6. The largest absolute Gasteiger partial charge is 0.467 e. The van der Waals surface area contributed by atoms with E-state index in [0.29, 0.717) is 17.9 Å². The highest BCUT2D eigenvalue weighted by molar-refractivity contribution is 8.00. The second kappa shape index (κ2) is 8.79. The average molecular weight is 421 g/mol. The van der Waals surface area contributed by atoms with Crippen LogP contribution in [0.3, 0.4) is 0 Å². The summed E-state index contributed by atoms with van der Waals surface area (Å²) < 4.78 is 5.41. The first-order valence-corrected chi connectivity index (χ1v) is 11.0. The van der Waals surface area contributed by atoms with Crippen molar-refractivity contribution in [3.8, 4) is 0 Å². The number of nitrogens with zero attached hydrogens (tertiary/aromatic N) is 1. The molecule has 0 aliphatic carbocycles. The minimum Gasteiger partial charge on any atom is -0.467 e. The van der Waals surface area contributed by atoms with E-state index in [1.165, 1.54) is 0 Å². The fraction of sp³-hybridized carbons (Fsp3) is 0.250. The number of aryl methyl sites for hydroxylation is 2. The number of rotatable bonds is 6. The van der Waals surface area contributed by atoms with Crippen molar-refractivity contribution in [1.82, 2.24) is 4.90 Å². The molecular formula is C24H24N2O3S. The van der Waals surface area contributed by atoms with Crippen molar-refractivity contribution in [2.24, 2.45) is 0 Å². The van der Waals surface area contributed by atoms with E-state index in [4.69, 9.17) is 4.42 Å². The number of carbonyl (C=O) groups excluding carboxylic acids is 2. The Kier molecular flexibility index (Phi) is 5.95. The van der Waals surface area contributed by atoms with Crippen LogP contribution in [0.5, 0.6) is 0 Å². The Bertz CT molecular complexity index is 1040. The zero-order valence-electron chi connectivity index (χ0n) is 17.1. The van der Waals surface area contributed by atoms with Crippen LogP contribution in [0.1, 0.15) is 45.1 Å². The molecule has 2 aromatic carbocycles. The molecule has 30 heavy (non-hydrogen) atoms. The zero-order valence-corrected chi connectivity index (χ0v) is 17.9. The highest BCUT2D eigenvalue weighted by Gasteiger charge is 2.33. The van der Waals surface area contributed by atoms with Crippen LogP contribution in [0.25, 0.3) is 0 Å². The highest BCUT2D eigenvalue weighted by atomic mass is 32.2. The number of amides is 2. The molecule has 154 valence electrons. The van der Waals surface area contributed by atoms with E-state index in [0.717, 1.165) is 34.6 Å². The molecule has 1 saturated heterocycles. The second-order valence-electron chi connectivity index (χ2n) is 7.30. The number of hydrogen-bond acceptors (Lipinski definition) is 4. The standard InChI is InChI=1S/C24H24N2O3S/c1-3-17-7-4-6-16(2)22(17)25-23(28)18-9-11-19(12-10-18)24-26(21(27)15-30-24)14-20-8-5-13-29-20/h4-13,24H,3,14-15H2,1-2H3,(H,25,28). The quantitative estimate of drug-likeness (QED) is 0.597. The van der Waals surface area contributed by atoms with Gasteiger partial charge in [0.1, 0.15) is 11.1 Å². The number of anilines is 1. The zero-order chi connectivity index (χ0) is 21.1. The van der Waals surface area contributed by atoms with E-state index in [9.17, 15) is 9.59 Å². The Morgan fingerprint density at radius 3 is 2.67 bits per heavy atom. The third-order valence-electron chi connectivity index (χ3n) is 5.31. The molecule has 6 heteroatoms. The van der Waals surface area contributed by atoms with Crippen LogP contribution < -0.4 is 5.32 Å². The van der Waals surface area contributed by atoms with Crippen molar-refractivity contribution in [3.63, 3.8) is 0 Å². The van der Waals surface area contributed by atoms with Crippen molar-refractivity contribution in [2.45, 2.75) is 32.2 Å². The van der Waals surface area contributed by atoms with E-state index >= 15 is 0 Å². The number of carbonyl (C=O) groups is 2. The number of hydrogen-bond donors (Lipinski definition) is 1. The minimum atomic E-state index is -0.131. The summed E-state index contributed by atoms with van der Waals surface area (Å²) in [6.07, 6.45) is 2.47. The van der Waals surface area contributed by atoms with Crippen molar-refractivity contribution >= 4 is 29.3 Å². The lowest BCUT2D eigenvalue weighted by Crippen LogP contribution is -2.27. The minimum absolute atomic E-state index is 0.0808. The molecule has 4 rings (SSSR count). The fourth-order valence-electron chi connectivity index (χ4n) is 3.66. The first kappa shape index (κ1) is 20.3. The van der Waals surface area contributed by atoms with Crippen LogP contribution in [0.2, 0.25) is 0 Å². The van der Waals surface area contributed by atoms with Gasteiger partial charge in [-0.3, -0.25) is 9.59 Å². The van der Waals surface area contributed by atoms with E-state index in [1.54, 1.807) is 18.0 Å². The van der Waals surface area contributed by atoms with Crippen LogP contribution in [-0.4, -0.2) is 22.5 Å². The predicted molar refractivity (Wildman–Crippen MR) is 119 cm³/mol. The normalized spacial score (nSPS) is 16.1. The Balaban J connectivity index is 1.50. The van der Waals surface area contributed by atoms with Crippen molar-refractivity contribution in [1.29, 1.82) is 0 Å². The molecule has 5 nitrogen and oxygen atoms in total. The second-order valence-corrected chi connectivity index (χ2v) is 8.37. The molecule has 1 aliphatic rings. The first-order valence-electron chi connectivity index (χ1n) is 10.00. The molecule has 1 aromatic heterocycles. The maximum Gasteiger partial charge on any atom is 0.255 e. The van der Waals surface area contributed by atoms with Gasteiger partial charge >= 0.3 is 0 Å². The van der Waals surface area contributed by atoms with Gasteiger partial charge in [-0.25, -0.2) is 0 Å². The molecule has 3 aromatic rings. The molecule has 2 heterocycles. The van der Waals surface area contributed by atoms with E-state index < -0.39 is 0 Å². The van der Waals surface area contributed by atoms with Gasteiger partial charge in [-0.05, 0) is 54.3 Å². The van der Waals surface area contributed by atoms with Crippen molar-refractivity contribution in [2.75, 3.05) is 11.1 Å². The number of benzene rings is 2. The SMILES string of the molecule is CCc1cccc(C)c1NC(=O)c1ccc(C2SCC(=O)N2Cc2ccco2)cc1. The van der Waals surface area contributed by atoms with Crippen molar-refractivity contribution in [3.05, 3.63) is 88.9 Å². The smallest absolute Gasteiger partial charge is 0.255 e. The van der Waals surface area contributed by atoms with Crippen LogP contribution in [-0.2, 0) is 17.8 Å². The summed E-state index contributed by atoms with van der Waals surface area (Å²) in [6.45, 7) is 4.52. The summed E-state index contributed by atoms with van der Waals surface area (Å²) in [6, 6.07) is 17.2. The molecule has 1 fully saturated rings.